The van der Waals surface area contributed by atoms with Gasteiger partial charge in [-0.25, -0.2) is 0 Å². The fraction of sp³-hybridized carbons (Fsp3) is 0.933. The number of nitrogens with two attached hydrogens (primary N) is 1. The van der Waals surface area contributed by atoms with E-state index in [4.69, 9.17) is 5.73 Å². The number of carbonyl (C=O) groups is 1. The van der Waals surface area contributed by atoms with Crippen molar-refractivity contribution in [2.45, 2.75) is 77.7 Å². The Labute approximate surface area is 112 Å². The van der Waals surface area contributed by atoms with E-state index in [0.717, 1.165) is 44.9 Å². The number of carbonyl (C=O) groups excluding carboxylic acids is 1. The molecule has 3 heteroatoms. The molecule has 1 atom stereocenters. The summed E-state index contributed by atoms with van der Waals surface area (Å²) in [4.78, 5) is 12.5. The second-order valence-corrected chi connectivity index (χ2v) is 5.79. The molecule has 18 heavy (non-hydrogen) atoms. The minimum atomic E-state index is -0.252. The summed E-state index contributed by atoms with van der Waals surface area (Å²) in [6.07, 6.45) is 9.96. The quantitative estimate of drug-likeness (QED) is 0.699. The zero-order valence-corrected chi connectivity index (χ0v) is 12.1. The van der Waals surface area contributed by atoms with E-state index in [1.165, 1.54) is 12.8 Å². The first-order valence-corrected chi connectivity index (χ1v) is 7.69. The molecule has 0 aromatic rings. The highest BCUT2D eigenvalue weighted by Gasteiger charge is 2.40. The molecular formula is C15H30N2O. The molecular weight excluding hydrogens is 224 g/mol. The summed E-state index contributed by atoms with van der Waals surface area (Å²) in [6, 6.07) is 0.353. The van der Waals surface area contributed by atoms with Gasteiger partial charge in [0.2, 0.25) is 5.91 Å². The van der Waals surface area contributed by atoms with Crippen LogP contribution in [0.4, 0.5) is 0 Å². The molecule has 1 amide bonds. The number of nitrogens with one attached hydrogen (secondary N) is 1. The van der Waals surface area contributed by atoms with Crippen molar-refractivity contribution in [2.24, 2.45) is 11.1 Å². The molecule has 106 valence electrons. The van der Waals surface area contributed by atoms with Crippen LogP contribution in [0, 0.1) is 5.41 Å². The van der Waals surface area contributed by atoms with Crippen LogP contribution in [0.2, 0.25) is 0 Å². The van der Waals surface area contributed by atoms with Gasteiger partial charge in [-0.3, -0.25) is 4.79 Å². The van der Waals surface area contributed by atoms with Gasteiger partial charge in [0.25, 0.3) is 0 Å². The summed E-state index contributed by atoms with van der Waals surface area (Å²) in [7, 11) is 0. The second-order valence-electron chi connectivity index (χ2n) is 5.79. The zero-order chi connectivity index (χ0) is 13.4. The molecule has 0 aromatic heterocycles. The van der Waals surface area contributed by atoms with Gasteiger partial charge in [0, 0.05) is 12.6 Å². The minimum Gasteiger partial charge on any atom is -0.353 e. The van der Waals surface area contributed by atoms with E-state index in [0.29, 0.717) is 12.6 Å². The van der Waals surface area contributed by atoms with Gasteiger partial charge in [-0.05, 0) is 25.7 Å². The van der Waals surface area contributed by atoms with E-state index in [1.54, 1.807) is 0 Å². The lowest BCUT2D eigenvalue weighted by molar-refractivity contribution is -0.131. The molecule has 1 saturated carbocycles. The Morgan fingerprint density at radius 3 is 2.39 bits per heavy atom. The van der Waals surface area contributed by atoms with Crippen LogP contribution in [-0.2, 0) is 4.79 Å². The maximum Gasteiger partial charge on any atom is 0.227 e. The van der Waals surface area contributed by atoms with E-state index in [-0.39, 0.29) is 11.3 Å². The van der Waals surface area contributed by atoms with Crippen LogP contribution in [0.1, 0.15) is 71.6 Å². The Bertz CT molecular complexity index is 247. The average Bonchev–Trinajstić information content (AvgIpc) is 2.86. The third-order valence-electron chi connectivity index (χ3n) is 4.31. The van der Waals surface area contributed by atoms with E-state index >= 15 is 0 Å². The van der Waals surface area contributed by atoms with Gasteiger partial charge < -0.3 is 11.1 Å². The summed E-state index contributed by atoms with van der Waals surface area (Å²) in [5.74, 6) is 0.219. The van der Waals surface area contributed by atoms with Crippen molar-refractivity contribution < 1.29 is 4.79 Å². The molecule has 0 radical (unpaired) electrons. The number of hydrogen-bond donors (Lipinski definition) is 2. The number of amides is 1. The van der Waals surface area contributed by atoms with Crippen LogP contribution in [-0.4, -0.2) is 18.5 Å². The first-order valence-electron chi connectivity index (χ1n) is 7.69. The smallest absolute Gasteiger partial charge is 0.227 e. The molecule has 0 heterocycles. The maximum absolute atomic E-state index is 12.5. The third-order valence-corrected chi connectivity index (χ3v) is 4.31. The van der Waals surface area contributed by atoms with Crippen molar-refractivity contribution >= 4 is 5.91 Å². The summed E-state index contributed by atoms with van der Waals surface area (Å²) in [6.45, 7) is 4.88. The Morgan fingerprint density at radius 2 is 1.89 bits per heavy atom. The zero-order valence-electron chi connectivity index (χ0n) is 12.1. The van der Waals surface area contributed by atoms with Gasteiger partial charge in [0.15, 0.2) is 0 Å². The largest absolute Gasteiger partial charge is 0.353 e. The van der Waals surface area contributed by atoms with E-state index in [1.807, 2.05) is 0 Å². The molecule has 1 rings (SSSR count). The summed E-state index contributed by atoms with van der Waals surface area (Å²) >= 11 is 0. The normalized spacial score (nSPS) is 19.7. The molecule has 3 nitrogen and oxygen atoms in total. The highest BCUT2D eigenvalue weighted by Crippen LogP contribution is 2.37. The van der Waals surface area contributed by atoms with Crippen molar-refractivity contribution in [1.82, 2.24) is 5.32 Å². The van der Waals surface area contributed by atoms with Crippen LogP contribution in [0.15, 0.2) is 0 Å². The summed E-state index contributed by atoms with van der Waals surface area (Å²) < 4.78 is 0. The summed E-state index contributed by atoms with van der Waals surface area (Å²) in [5.41, 5.74) is 5.61. The Hall–Kier alpha value is -0.570. The molecule has 1 unspecified atom stereocenters. The molecule has 0 spiro atoms. The van der Waals surface area contributed by atoms with Crippen molar-refractivity contribution in [3.05, 3.63) is 0 Å². The number of rotatable bonds is 8. The monoisotopic (exact) mass is 254 g/mol. The van der Waals surface area contributed by atoms with Crippen molar-refractivity contribution in [3.63, 3.8) is 0 Å². The molecule has 1 aliphatic carbocycles. The standard InChI is InChI=1S/C15H30N2O/c1-3-5-9-13(8-4-2)17-14(18)15(12-16)10-6-7-11-15/h13H,3-12,16H2,1-2H3,(H,17,18). The predicted octanol–water partition coefficient (Wildman–Crippen LogP) is 2.98. The maximum atomic E-state index is 12.5. The van der Waals surface area contributed by atoms with Gasteiger partial charge in [-0.2, -0.15) is 0 Å². The predicted molar refractivity (Wildman–Crippen MR) is 76.3 cm³/mol. The Balaban J connectivity index is 2.53. The van der Waals surface area contributed by atoms with Crippen LogP contribution in [0.5, 0.6) is 0 Å². The van der Waals surface area contributed by atoms with Crippen molar-refractivity contribution in [1.29, 1.82) is 0 Å². The van der Waals surface area contributed by atoms with Gasteiger partial charge in [-0.15, -0.1) is 0 Å². The lowest BCUT2D eigenvalue weighted by atomic mass is 9.84. The SMILES string of the molecule is CCCCC(CCC)NC(=O)C1(CN)CCCC1. The van der Waals surface area contributed by atoms with E-state index in [9.17, 15) is 4.79 Å². The first kappa shape index (κ1) is 15.5. The lowest BCUT2D eigenvalue weighted by Crippen LogP contribution is -2.48. The number of unbranched alkanes of at least 4 members (excludes halogenated alkanes) is 1. The van der Waals surface area contributed by atoms with Crippen molar-refractivity contribution in [2.75, 3.05) is 6.54 Å². The topological polar surface area (TPSA) is 55.1 Å². The van der Waals surface area contributed by atoms with E-state index in [2.05, 4.69) is 19.2 Å². The highest BCUT2D eigenvalue weighted by atomic mass is 16.2. The van der Waals surface area contributed by atoms with E-state index < -0.39 is 0 Å². The lowest BCUT2D eigenvalue weighted by Gasteiger charge is -2.29. The second kappa shape index (κ2) is 7.78. The van der Waals surface area contributed by atoms with Crippen molar-refractivity contribution in [3.8, 4) is 0 Å². The molecule has 0 saturated heterocycles. The van der Waals surface area contributed by atoms with Crippen LogP contribution in [0.3, 0.4) is 0 Å². The highest BCUT2D eigenvalue weighted by molar-refractivity contribution is 5.83. The molecule has 0 bridgehead atoms. The molecule has 1 aliphatic rings. The van der Waals surface area contributed by atoms with Gasteiger partial charge in [-0.1, -0.05) is 46.0 Å². The fourth-order valence-corrected chi connectivity index (χ4v) is 3.00. The average molecular weight is 254 g/mol. The van der Waals surface area contributed by atoms with Gasteiger partial charge in [0.05, 0.1) is 5.41 Å². The molecule has 0 aromatic carbocycles. The molecule has 3 N–H and O–H groups in total. The van der Waals surface area contributed by atoms with Crippen LogP contribution in [0.25, 0.3) is 0 Å². The van der Waals surface area contributed by atoms with Gasteiger partial charge in [0.1, 0.15) is 0 Å². The third kappa shape index (κ3) is 3.98. The fourth-order valence-electron chi connectivity index (χ4n) is 3.00. The van der Waals surface area contributed by atoms with Gasteiger partial charge >= 0.3 is 0 Å². The first-order chi connectivity index (χ1) is 8.68. The minimum absolute atomic E-state index is 0.219. The molecule has 0 aliphatic heterocycles. The Kier molecular flexibility index (Phi) is 6.69. The van der Waals surface area contributed by atoms with Crippen LogP contribution < -0.4 is 11.1 Å². The molecule has 1 fully saturated rings. The summed E-state index contributed by atoms with van der Waals surface area (Å²) in [5, 5.41) is 3.27. The number of hydrogen-bond acceptors (Lipinski definition) is 2. The van der Waals surface area contributed by atoms with Crippen LogP contribution >= 0.6 is 0 Å². The Morgan fingerprint density at radius 1 is 1.22 bits per heavy atom.